The number of aliphatic carboxylic acids is 1. The predicted octanol–water partition coefficient (Wildman–Crippen LogP) is 4.15. The number of halogens is 4. The summed E-state index contributed by atoms with van der Waals surface area (Å²) in [5, 5.41) is 7.12. The number of amides is 1. The minimum absolute atomic E-state index is 0.152. The number of piperidine rings is 1. The number of nitrogens with two attached hydrogens (primary N) is 1. The molecular weight excluding hydrogens is 468 g/mol. The van der Waals surface area contributed by atoms with Crippen LogP contribution in [0.1, 0.15) is 23.3 Å². The summed E-state index contributed by atoms with van der Waals surface area (Å²) in [4.78, 5) is 31.7. The quantitative estimate of drug-likeness (QED) is 0.534. The Hall–Kier alpha value is -3.86. The Bertz CT molecular complexity index is 1160. The molecule has 0 atom stereocenters. The number of carboxylic acids is 1. The topological polar surface area (TPSA) is 109 Å². The first-order chi connectivity index (χ1) is 16.6. The molecule has 1 amide bonds. The summed E-state index contributed by atoms with van der Waals surface area (Å²) in [6.07, 6.45) is -0.646. The van der Waals surface area contributed by atoms with Crippen LogP contribution in [0.15, 0.2) is 60.9 Å². The molecule has 11 heteroatoms. The number of hydrogen-bond acceptors (Lipinski definition) is 5. The molecule has 1 aromatic heterocycles. The SMILES string of the molecule is NC1CCN(C(=O)c2cnc(-c3ccc(-c4ccccc4)cc3F)cn2)CC1.O=C(O)C(F)(F)F. The van der Waals surface area contributed by atoms with Crippen LogP contribution in [-0.2, 0) is 4.79 Å². The van der Waals surface area contributed by atoms with Crippen LogP contribution in [0.5, 0.6) is 0 Å². The largest absolute Gasteiger partial charge is 0.490 e. The molecule has 0 radical (unpaired) electrons. The van der Waals surface area contributed by atoms with Gasteiger partial charge < -0.3 is 15.7 Å². The van der Waals surface area contributed by atoms with Gasteiger partial charge >= 0.3 is 12.1 Å². The molecule has 3 N–H and O–H groups in total. The zero-order valence-electron chi connectivity index (χ0n) is 18.4. The smallest absolute Gasteiger partial charge is 0.475 e. The highest BCUT2D eigenvalue weighted by molar-refractivity contribution is 5.92. The average Bonchev–Trinajstić information content (AvgIpc) is 2.84. The van der Waals surface area contributed by atoms with Gasteiger partial charge in [0.05, 0.1) is 18.1 Å². The number of carbonyl (C=O) groups excluding carboxylic acids is 1. The van der Waals surface area contributed by atoms with E-state index in [9.17, 15) is 22.4 Å². The van der Waals surface area contributed by atoms with Crippen LogP contribution in [0.2, 0.25) is 0 Å². The van der Waals surface area contributed by atoms with Crippen LogP contribution >= 0.6 is 0 Å². The lowest BCUT2D eigenvalue weighted by Crippen LogP contribution is -2.43. The molecule has 1 saturated heterocycles. The maximum absolute atomic E-state index is 14.7. The van der Waals surface area contributed by atoms with E-state index in [4.69, 9.17) is 15.6 Å². The number of nitrogens with zero attached hydrogens (tertiary/aromatic N) is 3. The van der Waals surface area contributed by atoms with Crippen LogP contribution in [0.4, 0.5) is 17.6 Å². The van der Waals surface area contributed by atoms with Crippen molar-refractivity contribution in [1.82, 2.24) is 14.9 Å². The van der Waals surface area contributed by atoms with Crippen LogP contribution in [0, 0.1) is 5.82 Å². The van der Waals surface area contributed by atoms with Crippen molar-refractivity contribution in [3.05, 3.63) is 72.4 Å². The van der Waals surface area contributed by atoms with Crippen molar-refractivity contribution in [3.63, 3.8) is 0 Å². The molecule has 0 unspecified atom stereocenters. The zero-order valence-corrected chi connectivity index (χ0v) is 18.4. The maximum Gasteiger partial charge on any atom is 0.490 e. The van der Waals surface area contributed by atoms with Gasteiger partial charge in [-0.2, -0.15) is 13.2 Å². The van der Waals surface area contributed by atoms with Crippen LogP contribution in [0.3, 0.4) is 0 Å². The Morgan fingerprint density at radius 2 is 1.60 bits per heavy atom. The molecule has 1 aliphatic rings. The van der Waals surface area contributed by atoms with Crippen molar-refractivity contribution in [2.24, 2.45) is 5.73 Å². The molecule has 184 valence electrons. The Labute approximate surface area is 198 Å². The monoisotopic (exact) mass is 490 g/mol. The summed E-state index contributed by atoms with van der Waals surface area (Å²) < 4.78 is 46.4. The third-order valence-electron chi connectivity index (χ3n) is 5.29. The second-order valence-electron chi connectivity index (χ2n) is 7.78. The number of hydrogen-bond donors (Lipinski definition) is 2. The number of carbonyl (C=O) groups is 2. The van der Waals surface area contributed by atoms with Gasteiger partial charge in [0.2, 0.25) is 0 Å². The van der Waals surface area contributed by atoms with E-state index in [2.05, 4.69) is 9.97 Å². The fraction of sp³-hybridized carbons (Fsp3) is 0.250. The van der Waals surface area contributed by atoms with Crippen LogP contribution in [0.25, 0.3) is 22.4 Å². The highest BCUT2D eigenvalue weighted by Crippen LogP contribution is 2.26. The van der Waals surface area contributed by atoms with Gasteiger partial charge in [-0.1, -0.05) is 36.4 Å². The Kier molecular flexibility index (Phi) is 8.13. The van der Waals surface area contributed by atoms with Gasteiger partial charge in [0, 0.05) is 24.7 Å². The van der Waals surface area contributed by atoms with Gasteiger partial charge in [0.1, 0.15) is 11.5 Å². The second-order valence-corrected chi connectivity index (χ2v) is 7.78. The molecule has 1 fully saturated rings. The molecule has 35 heavy (non-hydrogen) atoms. The number of benzene rings is 2. The highest BCUT2D eigenvalue weighted by Gasteiger charge is 2.38. The molecule has 7 nitrogen and oxygen atoms in total. The van der Waals surface area contributed by atoms with E-state index in [1.807, 2.05) is 36.4 Å². The van der Waals surface area contributed by atoms with E-state index in [1.165, 1.54) is 18.5 Å². The Morgan fingerprint density at radius 3 is 2.11 bits per heavy atom. The van der Waals surface area contributed by atoms with Crippen LogP contribution < -0.4 is 5.73 Å². The van der Waals surface area contributed by atoms with Crippen molar-refractivity contribution in [1.29, 1.82) is 0 Å². The third kappa shape index (κ3) is 6.82. The third-order valence-corrected chi connectivity index (χ3v) is 5.29. The Morgan fingerprint density at radius 1 is 0.971 bits per heavy atom. The minimum atomic E-state index is -5.08. The average molecular weight is 490 g/mol. The van der Waals surface area contributed by atoms with Gasteiger partial charge in [-0.15, -0.1) is 0 Å². The number of likely N-dealkylation sites (tertiary alicyclic amines) is 1. The molecule has 3 aromatic rings. The van der Waals surface area contributed by atoms with E-state index in [0.717, 1.165) is 24.0 Å². The molecule has 1 aliphatic heterocycles. The first kappa shape index (κ1) is 25.8. The first-order valence-corrected chi connectivity index (χ1v) is 10.6. The van der Waals surface area contributed by atoms with E-state index in [-0.39, 0.29) is 23.5 Å². The molecular formula is C24H22F4N4O3. The fourth-order valence-corrected chi connectivity index (χ4v) is 3.38. The molecule has 2 aromatic carbocycles. The van der Waals surface area contributed by atoms with Crippen molar-refractivity contribution in [2.75, 3.05) is 13.1 Å². The van der Waals surface area contributed by atoms with E-state index < -0.39 is 12.1 Å². The molecule has 0 spiro atoms. The number of rotatable bonds is 3. The van der Waals surface area contributed by atoms with Crippen molar-refractivity contribution in [2.45, 2.75) is 25.1 Å². The van der Waals surface area contributed by atoms with Gasteiger partial charge in [-0.3, -0.25) is 9.78 Å². The van der Waals surface area contributed by atoms with E-state index >= 15 is 0 Å². The molecule has 0 bridgehead atoms. The second kappa shape index (κ2) is 11.0. The van der Waals surface area contributed by atoms with Gasteiger partial charge in [-0.05, 0) is 36.1 Å². The summed E-state index contributed by atoms with van der Waals surface area (Å²) in [5.74, 6) is -3.29. The van der Waals surface area contributed by atoms with Gasteiger partial charge in [0.25, 0.3) is 5.91 Å². The number of alkyl halides is 3. The fourth-order valence-electron chi connectivity index (χ4n) is 3.38. The number of carboxylic acid groups (broad SMARTS) is 1. The van der Waals surface area contributed by atoms with Crippen molar-refractivity contribution < 1.29 is 32.3 Å². The lowest BCUT2D eigenvalue weighted by Gasteiger charge is -2.29. The van der Waals surface area contributed by atoms with E-state index in [1.54, 1.807) is 11.0 Å². The summed E-state index contributed by atoms with van der Waals surface area (Å²) in [6, 6.07) is 14.8. The minimum Gasteiger partial charge on any atom is -0.475 e. The normalized spacial score (nSPS) is 14.1. The van der Waals surface area contributed by atoms with Crippen molar-refractivity contribution in [3.8, 4) is 22.4 Å². The van der Waals surface area contributed by atoms with Crippen molar-refractivity contribution >= 4 is 11.9 Å². The molecule has 0 aliphatic carbocycles. The predicted molar refractivity (Wildman–Crippen MR) is 120 cm³/mol. The van der Waals surface area contributed by atoms with E-state index in [0.29, 0.717) is 24.3 Å². The summed E-state index contributed by atoms with van der Waals surface area (Å²) in [6.45, 7) is 1.25. The lowest BCUT2D eigenvalue weighted by atomic mass is 10.0. The molecule has 4 rings (SSSR count). The standard InChI is InChI=1S/C22H21FN4O.C2HF3O2/c23-19-12-16(15-4-2-1-3-5-15)6-7-18(19)20-13-26-21(14-25-20)22(28)27-10-8-17(24)9-11-27;3-2(4,5)1(6)7/h1-7,12-14,17H,8-11,24H2;(H,6,7). The summed E-state index contributed by atoms with van der Waals surface area (Å²) in [7, 11) is 0. The number of aromatic nitrogens is 2. The zero-order chi connectivity index (χ0) is 25.6. The lowest BCUT2D eigenvalue weighted by molar-refractivity contribution is -0.192. The Balaban J connectivity index is 0.000000429. The summed E-state index contributed by atoms with van der Waals surface area (Å²) in [5.41, 5.74) is 8.64. The maximum atomic E-state index is 14.7. The summed E-state index contributed by atoms with van der Waals surface area (Å²) >= 11 is 0. The first-order valence-electron chi connectivity index (χ1n) is 10.6. The van der Waals surface area contributed by atoms with Crippen LogP contribution in [-0.4, -0.2) is 57.2 Å². The molecule has 2 heterocycles. The van der Waals surface area contributed by atoms with Gasteiger partial charge in [-0.25, -0.2) is 14.2 Å². The van der Waals surface area contributed by atoms with Gasteiger partial charge in [0.15, 0.2) is 0 Å². The highest BCUT2D eigenvalue weighted by atomic mass is 19.4. The molecule has 0 saturated carbocycles.